The van der Waals surface area contributed by atoms with Gasteiger partial charge >= 0.3 is 0 Å². The van der Waals surface area contributed by atoms with Crippen LogP contribution in [0.5, 0.6) is 0 Å². The van der Waals surface area contributed by atoms with Crippen LogP contribution >= 0.6 is 23.3 Å². The summed E-state index contributed by atoms with van der Waals surface area (Å²) in [5.74, 6) is -0.0361. The first kappa shape index (κ1) is 10.3. The van der Waals surface area contributed by atoms with Gasteiger partial charge in [-0.25, -0.2) is 0 Å². The number of rotatable bonds is 3. The van der Waals surface area contributed by atoms with Crippen molar-refractivity contribution < 1.29 is 4.79 Å². The summed E-state index contributed by atoms with van der Waals surface area (Å²) < 4.78 is 7.67. The van der Waals surface area contributed by atoms with Crippen molar-refractivity contribution in [2.45, 2.75) is 6.42 Å². The Balaban J connectivity index is 2.13. The summed E-state index contributed by atoms with van der Waals surface area (Å²) in [7, 11) is 0. The van der Waals surface area contributed by atoms with Gasteiger partial charge < -0.3 is 0 Å². The highest BCUT2D eigenvalue weighted by molar-refractivity contribution is 6.99. The summed E-state index contributed by atoms with van der Waals surface area (Å²) in [5, 5.41) is 0.636. The van der Waals surface area contributed by atoms with Gasteiger partial charge in [0.2, 0.25) is 0 Å². The zero-order valence-corrected chi connectivity index (χ0v) is 9.26. The van der Waals surface area contributed by atoms with E-state index in [0.717, 1.165) is 17.3 Å². The molecule has 3 nitrogen and oxygen atoms in total. The van der Waals surface area contributed by atoms with Crippen LogP contribution in [0.4, 0.5) is 0 Å². The first-order chi connectivity index (χ1) is 7.25. The molecular formula is C10H7ClN2OS. The van der Waals surface area contributed by atoms with Gasteiger partial charge in [-0.05, 0) is 17.7 Å². The van der Waals surface area contributed by atoms with Gasteiger partial charge in [-0.3, -0.25) is 4.79 Å². The zero-order valence-electron chi connectivity index (χ0n) is 7.68. The summed E-state index contributed by atoms with van der Waals surface area (Å²) in [6, 6.07) is 7.24. The van der Waals surface area contributed by atoms with Crippen LogP contribution < -0.4 is 0 Å². The molecule has 1 aromatic heterocycles. The van der Waals surface area contributed by atoms with E-state index in [4.69, 9.17) is 11.6 Å². The number of benzene rings is 1. The first-order valence-electron chi connectivity index (χ1n) is 4.31. The van der Waals surface area contributed by atoms with Crippen molar-refractivity contribution in [1.29, 1.82) is 0 Å². The number of carbonyl (C=O) groups excluding carboxylic acids is 1. The normalized spacial score (nSPS) is 10.2. The standard InChI is InChI=1S/C10H7ClN2OS/c11-8-3-1-2-7(4-8)5-10(14)9-6-12-15-13-9/h1-4,6H,5H2. The summed E-state index contributed by atoms with van der Waals surface area (Å²) in [5.41, 5.74) is 1.31. The van der Waals surface area contributed by atoms with Crippen molar-refractivity contribution >= 4 is 29.1 Å². The maximum absolute atomic E-state index is 11.6. The van der Waals surface area contributed by atoms with Crippen LogP contribution in [0.1, 0.15) is 16.1 Å². The van der Waals surface area contributed by atoms with E-state index >= 15 is 0 Å². The maximum atomic E-state index is 11.6. The van der Waals surface area contributed by atoms with Crippen molar-refractivity contribution in [3.05, 3.63) is 46.7 Å². The Hall–Kier alpha value is -1.26. The number of nitrogens with zero attached hydrogens (tertiary/aromatic N) is 2. The number of halogens is 1. The molecule has 0 radical (unpaired) electrons. The van der Waals surface area contributed by atoms with Crippen LogP contribution in [0.2, 0.25) is 5.02 Å². The Morgan fingerprint density at radius 2 is 2.33 bits per heavy atom. The lowest BCUT2D eigenvalue weighted by molar-refractivity contribution is 0.0989. The van der Waals surface area contributed by atoms with Crippen molar-refractivity contribution in [1.82, 2.24) is 8.75 Å². The molecule has 0 aliphatic carbocycles. The lowest BCUT2D eigenvalue weighted by atomic mass is 10.1. The maximum Gasteiger partial charge on any atom is 0.188 e. The minimum absolute atomic E-state index is 0.0361. The molecule has 76 valence electrons. The molecule has 0 aliphatic rings. The zero-order chi connectivity index (χ0) is 10.7. The minimum Gasteiger partial charge on any atom is -0.292 e. The van der Waals surface area contributed by atoms with Crippen LogP contribution in [0.3, 0.4) is 0 Å². The number of hydrogen-bond acceptors (Lipinski definition) is 4. The van der Waals surface area contributed by atoms with E-state index in [1.54, 1.807) is 12.1 Å². The number of carbonyl (C=O) groups is 1. The summed E-state index contributed by atoms with van der Waals surface area (Å²) in [6.07, 6.45) is 1.80. The van der Waals surface area contributed by atoms with Crippen LogP contribution in [0, 0.1) is 0 Å². The fourth-order valence-corrected chi connectivity index (χ4v) is 1.85. The molecule has 0 unspecified atom stereocenters. The molecule has 0 saturated heterocycles. The third kappa shape index (κ3) is 2.61. The van der Waals surface area contributed by atoms with Crippen LogP contribution in [-0.4, -0.2) is 14.5 Å². The smallest absolute Gasteiger partial charge is 0.188 e. The van der Waals surface area contributed by atoms with Gasteiger partial charge in [0.25, 0.3) is 0 Å². The molecule has 0 fully saturated rings. The molecule has 2 rings (SSSR count). The topological polar surface area (TPSA) is 42.9 Å². The molecule has 1 heterocycles. The van der Waals surface area contributed by atoms with E-state index < -0.39 is 0 Å². The lowest BCUT2D eigenvalue weighted by Gasteiger charge is -1.98. The highest BCUT2D eigenvalue weighted by Crippen LogP contribution is 2.12. The number of hydrogen-bond donors (Lipinski definition) is 0. The summed E-state index contributed by atoms with van der Waals surface area (Å²) in [4.78, 5) is 11.6. The highest BCUT2D eigenvalue weighted by Gasteiger charge is 2.09. The van der Waals surface area contributed by atoms with E-state index in [0.29, 0.717) is 17.1 Å². The molecule has 0 spiro atoms. The predicted molar refractivity (Wildman–Crippen MR) is 59.4 cm³/mol. The van der Waals surface area contributed by atoms with Gasteiger partial charge in [0, 0.05) is 11.4 Å². The van der Waals surface area contributed by atoms with Gasteiger partial charge in [-0.15, -0.1) is 0 Å². The molecule has 15 heavy (non-hydrogen) atoms. The number of aromatic nitrogens is 2. The Labute approximate surface area is 96.0 Å². The van der Waals surface area contributed by atoms with E-state index in [1.807, 2.05) is 12.1 Å². The average Bonchev–Trinajstić information content (AvgIpc) is 2.70. The molecule has 2 aromatic rings. The molecule has 0 atom stereocenters. The third-order valence-electron chi connectivity index (χ3n) is 1.90. The highest BCUT2D eigenvalue weighted by atomic mass is 35.5. The fraction of sp³-hybridized carbons (Fsp3) is 0.100. The first-order valence-corrected chi connectivity index (χ1v) is 5.42. The second-order valence-corrected chi connectivity index (χ2v) is 4.02. The molecule has 1 aromatic carbocycles. The fourth-order valence-electron chi connectivity index (χ4n) is 1.21. The molecular weight excluding hydrogens is 232 g/mol. The number of Topliss-reactive ketones (excluding diaryl/α,β-unsaturated/α-hetero) is 1. The van der Waals surface area contributed by atoms with Gasteiger partial charge in [0.15, 0.2) is 5.78 Å². The van der Waals surface area contributed by atoms with Gasteiger partial charge in [-0.2, -0.15) is 8.75 Å². The summed E-state index contributed by atoms with van der Waals surface area (Å²) in [6.45, 7) is 0. The molecule has 0 bridgehead atoms. The van der Waals surface area contributed by atoms with E-state index in [1.165, 1.54) is 6.20 Å². The Morgan fingerprint density at radius 1 is 1.47 bits per heavy atom. The quantitative estimate of drug-likeness (QED) is 0.772. The molecule has 0 aliphatic heterocycles. The Bertz CT molecular complexity index is 470. The lowest BCUT2D eigenvalue weighted by Crippen LogP contribution is -2.03. The molecule has 5 heteroatoms. The Morgan fingerprint density at radius 3 is 3.00 bits per heavy atom. The van der Waals surface area contributed by atoms with E-state index in [-0.39, 0.29) is 5.78 Å². The van der Waals surface area contributed by atoms with Crippen LogP contribution in [0.15, 0.2) is 30.5 Å². The minimum atomic E-state index is -0.0361. The van der Waals surface area contributed by atoms with Crippen molar-refractivity contribution in [3.63, 3.8) is 0 Å². The number of ketones is 1. The van der Waals surface area contributed by atoms with Gasteiger partial charge in [-0.1, -0.05) is 23.7 Å². The average molecular weight is 239 g/mol. The molecule has 0 saturated carbocycles. The van der Waals surface area contributed by atoms with Gasteiger partial charge in [0.1, 0.15) is 5.69 Å². The van der Waals surface area contributed by atoms with Crippen LogP contribution in [-0.2, 0) is 6.42 Å². The SMILES string of the molecule is O=C(Cc1cccc(Cl)c1)c1cnsn1. The van der Waals surface area contributed by atoms with E-state index in [2.05, 4.69) is 8.75 Å². The predicted octanol–water partition coefficient (Wildman–Crippen LogP) is 2.62. The molecule has 0 N–H and O–H groups in total. The third-order valence-corrected chi connectivity index (χ3v) is 2.61. The van der Waals surface area contributed by atoms with Crippen molar-refractivity contribution in [2.75, 3.05) is 0 Å². The van der Waals surface area contributed by atoms with E-state index in [9.17, 15) is 4.79 Å². The van der Waals surface area contributed by atoms with Crippen LogP contribution in [0.25, 0.3) is 0 Å². The monoisotopic (exact) mass is 238 g/mol. The summed E-state index contributed by atoms with van der Waals surface area (Å²) >= 11 is 6.85. The molecule has 0 amide bonds. The van der Waals surface area contributed by atoms with Gasteiger partial charge in [0.05, 0.1) is 17.9 Å². The Kier molecular flexibility index (Phi) is 3.08. The second kappa shape index (κ2) is 4.51. The van der Waals surface area contributed by atoms with Crippen molar-refractivity contribution in [3.8, 4) is 0 Å². The van der Waals surface area contributed by atoms with Crippen molar-refractivity contribution in [2.24, 2.45) is 0 Å². The largest absolute Gasteiger partial charge is 0.292 e. The second-order valence-electron chi connectivity index (χ2n) is 3.02.